The molecule has 136 valence electrons. The van der Waals surface area contributed by atoms with E-state index in [4.69, 9.17) is 9.05 Å². The molecule has 0 radical (unpaired) electrons. The van der Waals surface area contributed by atoms with Gasteiger partial charge in [0.15, 0.2) is 0 Å². The molecule has 0 aliphatic carbocycles. The van der Waals surface area contributed by atoms with Gasteiger partial charge in [-0.2, -0.15) is 0 Å². The summed E-state index contributed by atoms with van der Waals surface area (Å²) in [6.07, 6.45) is 6.18. The highest BCUT2D eigenvalue weighted by atomic mass is 31.2. The summed E-state index contributed by atoms with van der Waals surface area (Å²) in [5.74, 6) is 0.0742. The Morgan fingerprint density at radius 3 is 2.13 bits per heavy atom. The first-order valence-corrected chi connectivity index (χ1v) is 10.3. The minimum Gasteiger partial charge on any atom is -0.308 e. The molecule has 5 heteroatoms. The van der Waals surface area contributed by atoms with Crippen LogP contribution in [0.15, 0.2) is 23.3 Å². The predicted octanol–water partition coefficient (Wildman–Crippen LogP) is 5.52. The SMILES string of the molecule is CCOP(=O)(OCC)C(/C=C(\C)CCC=C(C)C)NCC(C)C. The zero-order chi connectivity index (χ0) is 17.9. The molecule has 0 fully saturated rings. The third-order valence-corrected chi connectivity index (χ3v) is 5.48. The average molecular weight is 345 g/mol. The van der Waals surface area contributed by atoms with Crippen molar-refractivity contribution >= 4 is 7.60 Å². The summed E-state index contributed by atoms with van der Waals surface area (Å²) in [6, 6.07) is 0. The smallest absolute Gasteiger partial charge is 0.308 e. The Morgan fingerprint density at radius 1 is 1.13 bits per heavy atom. The maximum Gasteiger partial charge on any atom is 0.351 e. The van der Waals surface area contributed by atoms with Crippen molar-refractivity contribution in [2.45, 2.75) is 67.1 Å². The third kappa shape index (κ3) is 10.1. The molecule has 0 heterocycles. The van der Waals surface area contributed by atoms with Crippen LogP contribution < -0.4 is 5.32 Å². The molecule has 0 aromatic heterocycles. The van der Waals surface area contributed by atoms with Gasteiger partial charge in [0.2, 0.25) is 0 Å². The molecule has 1 atom stereocenters. The van der Waals surface area contributed by atoms with E-state index >= 15 is 0 Å². The molecule has 0 rings (SSSR count). The predicted molar refractivity (Wildman–Crippen MR) is 99.9 cm³/mol. The second-order valence-corrected chi connectivity index (χ2v) is 8.61. The second-order valence-electron chi connectivity index (χ2n) is 6.46. The van der Waals surface area contributed by atoms with E-state index in [0.29, 0.717) is 19.1 Å². The maximum absolute atomic E-state index is 13.1. The minimum absolute atomic E-state index is 0.377. The second kappa shape index (κ2) is 12.0. The van der Waals surface area contributed by atoms with Crippen molar-refractivity contribution in [3.05, 3.63) is 23.3 Å². The van der Waals surface area contributed by atoms with Crippen LogP contribution in [0.4, 0.5) is 0 Å². The fourth-order valence-corrected chi connectivity index (χ4v) is 4.00. The molecule has 0 aliphatic heterocycles. The van der Waals surface area contributed by atoms with Gasteiger partial charge < -0.3 is 14.4 Å². The van der Waals surface area contributed by atoms with Crippen LogP contribution in [0, 0.1) is 5.92 Å². The van der Waals surface area contributed by atoms with Crippen molar-refractivity contribution in [2.24, 2.45) is 5.92 Å². The van der Waals surface area contributed by atoms with E-state index in [1.54, 1.807) is 0 Å². The first-order valence-electron chi connectivity index (χ1n) is 8.68. The number of rotatable bonds is 12. The fourth-order valence-electron chi connectivity index (χ4n) is 2.12. The normalized spacial score (nSPS) is 14.2. The van der Waals surface area contributed by atoms with Crippen LogP contribution in [0.1, 0.15) is 61.3 Å². The first-order chi connectivity index (χ1) is 10.7. The van der Waals surface area contributed by atoms with E-state index in [0.717, 1.165) is 19.4 Å². The van der Waals surface area contributed by atoms with Gasteiger partial charge in [-0.1, -0.05) is 37.1 Å². The van der Waals surface area contributed by atoms with Crippen molar-refractivity contribution in [1.29, 1.82) is 0 Å². The summed E-state index contributed by atoms with van der Waals surface area (Å²) < 4.78 is 24.1. The largest absolute Gasteiger partial charge is 0.351 e. The monoisotopic (exact) mass is 345 g/mol. The molecule has 1 N–H and O–H groups in total. The van der Waals surface area contributed by atoms with E-state index in [1.165, 1.54) is 11.1 Å². The summed E-state index contributed by atoms with van der Waals surface area (Å²) in [5, 5.41) is 3.35. The Labute approximate surface area is 143 Å². The number of allylic oxidation sites excluding steroid dienone is 3. The van der Waals surface area contributed by atoms with Crippen molar-refractivity contribution in [2.75, 3.05) is 19.8 Å². The zero-order valence-electron chi connectivity index (χ0n) is 16.0. The van der Waals surface area contributed by atoms with Crippen LogP contribution in [0.5, 0.6) is 0 Å². The topological polar surface area (TPSA) is 47.6 Å². The summed E-state index contributed by atoms with van der Waals surface area (Å²) in [6.45, 7) is 15.7. The molecule has 0 spiro atoms. The number of hydrogen-bond acceptors (Lipinski definition) is 4. The van der Waals surface area contributed by atoms with Gasteiger partial charge in [-0.3, -0.25) is 4.57 Å². The highest BCUT2D eigenvalue weighted by Gasteiger charge is 2.33. The van der Waals surface area contributed by atoms with E-state index < -0.39 is 13.4 Å². The van der Waals surface area contributed by atoms with E-state index in [1.807, 2.05) is 19.9 Å². The summed E-state index contributed by atoms with van der Waals surface area (Å²) in [7, 11) is -3.19. The minimum atomic E-state index is -3.19. The Balaban J connectivity index is 5.16. The summed E-state index contributed by atoms with van der Waals surface area (Å²) in [5.41, 5.74) is 2.52. The van der Waals surface area contributed by atoms with Crippen LogP contribution in [-0.4, -0.2) is 25.5 Å². The van der Waals surface area contributed by atoms with Crippen LogP contribution in [0.2, 0.25) is 0 Å². The molecule has 1 unspecified atom stereocenters. The summed E-state index contributed by atoms with van der Waals surface area (Å²) in [4.78, 5) is 0. The zero-order valence-corrected chi connectivity index (χ0v) is 16.9. The van der Waals surface area contributed by atoms with Crippen molar-refractivity contribution in [1.82, 2.24) is 5.32 Å². The highest BCUT2D eigenvalue weighted by Crippen LogP contribution is 2.52. The molecule has 4 nitrogen and oxygen atoms in total. The fraction of sp³-hybridized carbons (Fsp3) is 0.778. The third-order valence-electron chi connectivity index (χ3n) is 3.23. The van der Waals surface area contributed by atoms with Crippen LogP contribution in [0.3, 0.4) is 0 Å². The van der Waals surface area contributed by atoms with Crippen LogP contribution >= 0.6 is 7.60 Å². The molecule has 0 bridgehead atoms. The molecular weight excluding hydrogens is 309 g/mol. The molecule has 0 saturated heterocycles. The van der Waals surface area contributed by atoms with E-state index in [2.05, 4.69) is 46.0 Å². The molecule has 23 heavy (non-hydrogen) atoms. The number of hydrogen-bond donors (Lipinski definition) is 1. The molecule has 0 aromatic rings. The van der Waals surface area contributed by atoms with Gasteiger partial charge in [0, 0.05) is 0 Å². The maximum atomic E-state index is 13.1. The highest BCUT2D eigenvalue weighted by molar-refractivity contribution is 7.54. The van der Waals surface area contributed by atoms with E-state index in [9.17, 15) is 4.57 Å². The van der Waals surface area contributed by atoms with Crippen molar-refractivity contribution in [3.63, 3.8) is 0 Å². The molecular formula is C18H36NO3P. The Bertz CT molecular complexity index is 416. The Kier molecular flexibility index (Phi) is 11.8. The van der Waals surface area contributed by atoms with Gasteiger partial charge in [-0.15, -0.1) is 0 Å². The lowest BCUT2D eigenvalue weighted by molar-refractivity contribution is 0.211. The standard InChI is InChI=1S/C18H36NO3P/c1-8-21-23(20,22-9-2)18(19-14-16(5)6)13-17(7)12-10-11-15(3)4/h11,13,16,18-19H,8-10,12,14H2,1-7H3/b17-13+. The molecule has 0 aliphatic rings. The van der Waals surface area contributed by atoms with E-state index in [-0.39, 0.29) is 0 Å². The lowest BCUT2D eigenvalue weighted by atomic mass is 10.1. The van der Waals surface area contributed by atoms with Gasteiger partial charge in [0.25, 0.3) is 0 Å². The van der Waals surface area contributed by atoms with Crippen molar-refractivity contribution in [3.8, 4) is 0 Å². The molecule has 0 saturated carbocycles. The van der Waals surface area contributed by atoms with Crippen LogP contribution in [-0.2, 0) is 13.6 Å². The van der Waals surface area contributed by atoms with Crippen molar-refractivity contribution < 1.29 is 13.6 Å². The molecule has 0 aromatic carbocycles. The summed E-state index contributed by atoms with van der Waals surface area (Å²) >= 11 is 0. The lowest BCUT2D eigenvalue weighted by Gasteiger charge is -2.26. The quantitative estimate of drug-likeness (QED) is 0.374. The Morgan fingerprint density at radius 2 is 1.70 bits per heavy atom. The first kappa shape index (κ1) is 22.6. The van der Waals surface area contributed by atoms with Gasteiger partial charge in [0.1, 0.15) is 5.78 Å². The van der Waals surface area contributed by atoms with Gasteiger partial charge in [0.05, 0.1) is 13.2 Å². The van der Waals surface area contributed by atoms with Gasteiger partial charge in [-0.05, 0) is 59.9 Å². The van der Waals surface area contributed by atoms with Gasteiger partial charge >= 0.3 is 7.60 Å². The van der Waals surface area contributed by atoms with Gasteiger partial charge in [-0.25, -0.2) is 0 Å². The number of nitrogens with one attached hydrogen (secondary N) is 1. The Hall–Kier alpha value is -0.410. The molecule has 0 amide bonds. The lowest BCUT2D eigenvalue weighted by Crippen LogP contribution is -2.32. The average Bonchev–Trinajstić information content (AvgIpc) is 2.43. The van der Waals surface area contributed by atoms with Crippen LogP contribution in [0.25, 0.3) is 0 Å².